The Morgan fingerprint density at radius 3 is 2.84 bits per heavy atom. The van der Waals surface area contributed by atoms with Gasteiger partial charge in [-0.2, -0.15) is 0 Å². The van der Waals surface area contributed by atoms with Gasteiger partial charge in [-0.15, -0.1) is 0 Å². The smallest absolute Gasteiger partial charge is 0.228 e. The van der Waals surface area contributed by atoms with Crippen molar-refractivity contribution < 1.29 is 4.79 Å². The first-order chi connectivity index (χ1) is 9.15. The van der Waals surface area contributed by atoms with E-state index in [1.54, 1.807) is 12.5 Å². The van der Waals surface area contributed by atoms with Crippen LogP contribution < -0.4 is 11.1 Å². The van der Waals surface area contributed by atoms with Crippen LogP contribution in [0.4, 0.5) is 5.69 Å². The minimum absolute atomic E-state index is 0.0322. The van der Waals surface area contributed by atoms with Crippen molar-refractivity contribution in [3.8, 4) is 5.69 Å². The van der Waals surface area contributed by atoms with Crippen LogP contribution in [-0.4, -0.2) is 15.5 Å². The summed E-state index contributed by atoms with van der Waals surface area (Å²) in [6.45, 7) is 1.90. The monoisotopic (exact) mass is 254 g/mol. The number of nitrogens with one attached hydrogen (secondary N) is 1. The lowest BCUT2D eigenvalue weighted by atomic mass is 10.0. The molecule has 0 radical (unpaired) electrons. The molecular weight excluding hydrogens is 240 g/mol. The van der Waals surface area contributed by atoms with E-state index in [-0.39, 0.29) is 5.91 Å². The third-order valence-corrected chi connectivity index (χ3v) is 3.28. The van der Waals surface area contributed by atoms with Crippen LogP contribution in [0.2, 0.25) is 0 Å². The summed E-state index contributed by atoms with van der Waals surface area (Å²) < 4.78 is 1.86. The molecule has 1 aliphatic rings. The Bertz CT molecular complexity index is 671. The highest BCUT2D eigenvalue weighted by atomic mass is 16.1. The SMILES string of the molecule is CC1=C(c2ccc(-n3ccnc3)c(N)c2)CC(=O)N1. The van der Waals surface area contributed by atoms with Crippen LogP contribution in [0.3, 0.4) is 0 Å². The molecule has 1 aliphatic heterocycles. The number of carbonyl (C=O) groups is 1. The van der Waals surface area contributed by atoms with E-state index in [2.05, 4.69) is 10.3 Å². The maximum atomic E-state index is 11.4. The third-order valence-electron chi connectivity index (χ3n) is 3.28. The second-order valence-corrected chi connectivity index (χ2v) is 4.57. The van der Waals surface area contributed by atoms with Crippen LogP contribution in [0.5, 0.6) is 0 Å². The van der Waals surface area contributed by atoms with Gasteiger partial charge < -0.3 is 15.6 Å². The predicted octanol–water partition coefficient (Wildman–Crippen LogP) is 1.71. The van der Waals surface area contributed by atoms with Crippen LogP contribution in [0, 0.1) is 0 Å². The molecule has 0 fully saturated rings. The van der Waals surface area contributed by atoms with Gasteiger partial charge in [0.1, 0.15) is 0 Å². The first-order valence-electron chi connectivity index (χ1n) is 6.03. The quantitative estimate of drug-likeness (QED) is 0.801. The molecule has 5 heteroatoms. The molecule has 3 N–H and O–H groups in total. The number of hydrogen-bond acceptors (Lipinski definition) is 3. The number of amides is 1. The molecule has 0 saturated heterocycles. The largest absolute Gasteiger partial charge is 0.397 e. The van der Waals surface area contributed by atoms with Crippen molar-refractivity contribution >= 4 is 17.2 Å². The third kappa shape index (κ3) is 1.99. The summed E-state index contributed by atoms with van der Waals surface area (Å²) in [7, 11) is 0. The van der Waals surface area contributed by atoms with Gasteiger partial charge >= 0.3 is 0 Å². The second-order valence-electron chi connectivity index (χ2n) is 4.57. The average Bonchev–Trinajstić information content (AvgIpc) is 2.99. The number of rotatable bonds is 2. The van der Waals surface area contributed by atoms with Crippen molar-refractivity contribution in [2.45, 2.75) is 13.3 Å². The van der Waals surface area contributed by atoms with E-state index in [9.17, 15) is 4.79 Å². The number of anilines is 1. The van der Waals surface area contributed by atoms with Crippen molar-refractivity contribution in [3.63, 3.8) is 0 Å². The van der Waals surface area contributed by atoms with Gasteiger partial charge in [-0.25, -0.2) is 4.98 Å². The maximum Gasteiger partial charge on any atom is 0.228 e. The van der Waals surface area contributed by atoms with E-state index in [1.807, 2.05) is 35.9 Å². The summed E-state index contributed by atoms with van der Waals surface area (Å²) in [6, 6.07) is 5.81. The number of hydrogen-bond donors (Lipinski definition) is 2. The van der Waals surface area contributed by atoms with Gasteiger partial charge in [0, 0.05) is 18.1 Å². The van der Waals surface area contributed by atoms with E-state index >= 15 is 0 Å². The molecule has 5 nitrogen and oxygen atoms in total. The number of allylic oxidation sites excluding steroid dienone is 1. The Kier molecular flexibility index (Phi) is 2.59. The van der Waals surface area contributed by atoms with Gasteiger partial charge in [0.15, 0.2) is 0 Å². The van der Waals surface area contributed by atoms with Crippen LogP contribution in [0.25, 0.3) is 11.3 Å². The summed E-state index contributed by atoms with van der Waals surface area (Å²) in [5.74, 6) is 0.0322. The zero-order valence-electron chi connectivity index (χ0n) is 10.6. The molecule has 1 amide bonds. The Morgan fingerprint density at radius 1 is 1.42 bits per heavy atom. The normalized spacial score (nSPS) is 14.9. The van der Waals surface area contributed by atoms with Crippen LogP contribution in [0.1, 0.15) is 18.9 Å². The fraction of sp³-hybridized carbons (Fsp3) is 0.143. The standard InChI is InChI=1S/C14H14N4O/c1-9-11(7-14(19)17-9)10-2-3-13(12(15)6-10)18-5-4-16-8-18/h2-6,8H,7,15H2,1H3,(H,17,19). The number of imidazole rings is 1. The first kappa shape index (κ1) is 11.5. The highest BCUT2D eigenvalue weighted by Gasteiger charge is 2.19. The fourth-order valence-electron chi connectivity index (χ4n) is 2.32. The molecule has 2 heterocycles. The molecular formula is C14H14N4O. The number of nitrogens with zero attached hydrogens (tertiary/aromatic N) is 2. The van der Waals surface area contributed by atoms with Gasteiger partial charge in [0.25, 0.3) is 0 Å². The van der Waals surface area contributed by atoms with Crippen molar-refractivity contribution in [2.24, 2.45) is 0 Å². The Labute approximate surface area is 110 Å². The number of carbonyl (C=O) groups excluding carboxylic acids is 1. The summed E-state index contributed by atoms with van der Waals surface area (Å²) in [5, 5.41) is 2.81. The summed E-state index contributed by atoms with van der Waals surface area (Å²) in [4.78, 5) is 15.4. The lowest BCUT2D eigenvalue weighted by molar-refractivity contribution is -0.118. The van der Waals surface area contributed by atoms with Crippen LogP contribution >= 0.6 is 0 Å². The molecule has 1 aromatic heterocycles. The zero-order valence-corrected chi connectivity index (χ0v) is 10.6. The first-order valence-corrected chi connectivity index (χ1v) is 6.03. The Morgan fingerprint density at radius 2 is 2.26 bits per heavy atom. The number of benzene rings is 1. The molecule has 0 unspecified atom stereocenters. The van der Waals surface area contributed by atoms with Crippen molar-refractivity contribution in [2.75, 3.05) is 5.73 Å². The average molecular weight is 254 g/mol. The van der Waals surface area contributed by atoms with Crippen LogP contribution in [0.15, 0.2) is 42.6 Å². The van der Waals surface area contributed by atoms with E-state index in [0.29, 0.717) is 12.1 Å². The summed E-state index contributed by atoms with van der Waals surface area (Å²) in [6.07, 6.45) is 5.67. The summed E-state index contributed by atoms with van der Waals surface area (Å²) in [5.41, 5.74) is 10.5. The Hall–Kier alpha value is -2.56. The van der Waals surface area contributed by atoms with Crippen LogP contribution in [-0.2, 0) is 4.79 Å². The van der Waals surface area contributed by atoms with Gasteiger partial charge in [-0.3, -0.25) is 4.79 Å². The van der Waals surface area contributed by atoms with E-state index < -0.39 is 0 Å². The zero-order chi connectivity index (χ0) is 13.4. The van der Waals surface area contributed by atoms with E-state index in [1.165, 1.54) is 0 Å². The van der Waals surface area contributed by atoms with Crippen molar-refractivity contribution in [1.82, 2.24) is 14.9 Å². The predicted molar refractivity (Wildman–Crippen MR) is 73.3 cm³/mol. The molecule has 0 saturated carbocycles. The van der Waals surface area contributed by atoms with E-state index in [0.717, 1.165) is 22.5 Å². The molecule has 0 spiro atoms. The minimum Gasteiger partial charge on any atom is -0.397 e. The number of nitrogen functional groups attached to an aromatic ring is 1. The molecule has 3 rings (SSSR count). The maximum absolute atomic E-state index is 11.4. The lowest BCUT2D eigenvalue weighted by Gasteiger charge is -2.09. The second kappa shape index (κ2) is 4.28. The molecule has 2 aromatic rings. The molecule has 0 aliphatic carbocycles. The Balaban J connectivity index is 2.01. The summed E-state index contributed by atoms with van der Waals surface area (Å²) >= 11 is 0. The van der Waals surface area contributed by atoms with Gasteiger partial charge in [-0.05, 0) is 30.2 Å². The van der Waals surface area contributed by atoms with Crippen molar-refractivity contribution in [1.29, 1.82) is 0 Å². The molecule has 19 heavy (non-hydrogen) atoms. The van der Waals surface area contributed by atoms with Gasteiger partial charge in [0.05, 0.1) is 24.1 Å². The van der Waals surface area contributed by atoms with Crippen molar-refractivity contribution in [3.05, 3.63) is 48.2 Å². The topological polar surface area (TPSA) is 72.9 Å². The van der Waals surface area contributed by atoms with E-state index in [4.69, 9.17) is 5.73 Å². The number of nitrogens with two attached hydrogens (primary N) is 1. The highest BCUT2D eigenvalue weighted by Crippen LogP contribution is 2.29. The number of aromatic nitrogens is 2. The lowest BCUT2D eigenvalue weighted by Crippen LogP contribution is -2.12. The highest BCUT2D eigenvalue weighted by molar-refractivity contribution is 5.96. The molecule has 1 aromatic carbocycles. The molecule has 0 bridgehead atoms. The minimum atomic E-state index is 0.0322. The molecule has 0 atom stereocenters. The molecule has 96 valence electrons. The fourth-order valence-corrected chi connectivity index (χ4v) is 2.32. The van der Waals surface area contributed by atoms with Gasteiger partial charge in [-0.1, -0.05) is 6.07 Å². The van der Waals surface area contributed by atoms with Gasteiger partial charge in [0.2, 0.25) is 5.91 Å².